The molecule has 13 heteroatoms. The fourth-order valence-electron chi connectivity index (χ4n) is 8.20. The fourth-order valence-corrected chi connectivity index (χ4v) is 8.20. The minimum Gasteiger partial charge on any atom is -0.508 e. The third-order valence-corrected chi connectivity index (χ3v) is 10.1. The molecule has 0 heterocycles. The number of aliphatic hydroxyl groups is 3. The zero-order chi connectivity index (χ0) is 33.2. The molecule has 246 valence electrons. The van der Waals surface area contributed by atoms with Crippen molar-refractivity contribution in [3.05, 3.63) is 45.2 Å². The molecule has 4 atom stereocenters. The van der Waals surface area contributed by atoms with Crippen LogP contribution in [0.4, 0.5) is 13.2 Å². The van der Waals surface area contributed by atoms with Gasteiger partial charge in [0.2, 0.25) is 5.78 Å². The van der Waals surface area contributed by atoms with Gasteiger partial charge in [0.15, 0.2) is 11.4 Å². The molecule has 1 aromatic rings. The molecule has 0 spiro atoms. The van der Waals surface area contributed by atoms with Crippen LogP contribution in [0, 0.1) is 17.8 Å². The zero-order valence-electron chi connectivity index (χ0n) is 25.6. The van der Waals surface area contributed by atoms with Crippen LogP contribution < -0.4 is 5.73 Å². The topological polar surface area (TPSA) is 165 Å². The Hall–Kier alpha value is -3.42. The predicted molar refractivity (Wildman–Crippen MR) is 157 cm³/mol. The molecule has 2 fully saturated rings. The highest BCUT2D eigenvalue weighted by Crippen LogP contribution is 2.54. The van der Waals surface area contributed by atoms with Crippen LogP contribution in [0.15, 0.2) is 23.0 Å². The first-order chi connectivity index (χ1) is 21.0. The van der Waals surface area contributed by atoms with Crippen LogP contribution in [0.1, 0.15) is 67.2 Å². The molecule has 4 aliphatic carbocycles. The number of nitrogens with zero attached hydrogens (tertiary/aromatic N) is 2. The van der Waals surface area contributed by atoms with Gasteiger partial charge in [-0.05, 0) is 75.9 Å². The number of primary amides is 1. The van der Waals surface area contributed by atoms with E-state index >= 15 is 0 Å². The number of carbonyl (C=O) groups excluding carboxylic acids is 3. The van der Waals surface area contributed by atoms with Crippen molar-refractivity contribution in [1.29, 1.82) is 0 Å². The van der Waals surface area contributed by atoms with Crippen LogP contribution in [-0.4, -0.2) is 87.0 Å². The summed E-state index contributed by atoms with van der Waals surface area (Å²) in [6, 6.07) is -0.376. The molecule has 0 bridgehead atoms. The maximum atomic E-state index is 14.8. The molecule has 0 aliphatic heterocycles. The molecule has 1 amide bonds. The van der Waals surface area contributed by atoms with Gasteiger partial charge in [0.1, 0.15) is 22.8 Å². The Bertz CT molecular complexity index is 1490. The standard InChI is InChI=1S/C32H40F3N3O7/c1-37(2)25-19-11-16-10-18-22(26(40)21(16)28(42)31(19,45)29(43)23(27(25)41)30(36)44)20(39)12-17(24(18)32(33,34)35)14-38(3)13-15-8-6-4-5-7-9-15/h12,15-16,19,25,39-40,43,45H,4-11,13-14H2,1-3H3,(H2,36,44)/t16-,19-,25-,31-/m0/s1. The van der Waals surface area contributed by atoms with Crippen molar-refractivity contribution in [3.8, 4) is 5.75 Å². The van der Waals surface area contributed by atoms with E-state index in [1.54, 1.807) is 11.9 Å². The van der Waals surface area contributed by atoms with E-state index in [1.807, 2.05) is 0 Å². The minimum absolute atomic E-state index is 0.110. The minimum atomic E-state index is -4.88. The van der Waals surface area contributed by atoms with Gasteiger partial charge in [0, 0.05) is 24.6 Å². The predicted octanol–water partition coefficient (Wildman–Crippen LogP) is 3.39. The van der Waals surface area contributed by atoms with E-state index in [9.17, 15) is 48.0 Å². The van der Waals surface area contributed by atoms with Crippen LogP contribution in [0.5, 0.6) is 5.75 Å². The van der Waals surface area contributed by atoms with E-state index in [4.69, 9.17) is 5.73 Å². The molecule has 0 radical (unpaired) electrons. The zero-order valence-corrected chi connectivity index (χ0v) is 25.6. The van der Waals surface area contributed by atoms with E-state index in [0.29, 0.717) is 12.5 Å². The summed E-state index contributed by atoms with van der Waals surface area (Å²) in [4.78, 5) is 42.5. The average Bonchev–Trinajstić information content (AvgIpc) is 3.18. The summed E-state index contributed by atoms with van der Waals surface area (Å²) < 4.78 is 44.5. The molecule has 0 unspecified atom stereocenters. The number of rotatable bonds is 6. The fraction of sp³-hybridized carbons (Fsp3) is 0.594. The number of phenolic OH excluding ortho intramolecular Hbond substituents is 1. The summed E-state index contributed by atoms with van der Waals surface area (Å²) in [6.07, 6.45) is 0.830. The normalized spacial score (nSPS) is 27.9. The van der Waals surface area contributed by atoms with Crippen molar-refractivity contribution >= 4 is 23.2 Å². The molecule has 1 aromatic carbocycles. The maximum absolute atomic E-state index is 14.8. The van der Waals surface area contributed by atoms with Gasteiger partial charge in [0.05, 0.1) is 17.2 Å². The molecule has 6 N–H and O–H groups in total. The Balaban J connectivity index is 1.62. The van der Waals surface area contributed by atoms with Gasteiger partial charge < -0.3 is 31.1 Å². The molecule has 4 aliphatic rings. The van der Waals surface area contributed by atoms with E-state index in [1.165, 1.54) is 19.0 Å². The number of Topliss-reactive ketones (excluding diaryl/α,β-unsaturated/α-hetero) is 2. The largest absolute Gasteiger partial charge is 0.508 e. The van der Waals surface area contributed by atoms with Crippen molar-refractivity contribution in [2.75, 3.05) is 27.7 Å². The number of fused-ring (bicyclic) bond motifs is 3. The van der Waals surface area contributed by atoms with Crippen molar-refractivity contribution in [2.45, 2.75) is 75.7 Å². The van der Waals surface area contributed by atoms with Gasteiger partial charge in [0.25, 0.3) is 5.91 Å². The first-order valence-corrected chi connectivity index (χ1v) is 15.3. The number of likely N-dealkylation sites (N-methyl/N-ethyl adjacent to an activating group) is 1. The van der Waals surface area contributed by atoms with Gasteiger partial charge in [-0.2, -0.15) is 13.2 Å². The van der Waals surface area contributed by atoms with Gasteiger partial charge >= 0.3 is 6.18 Å². The second-order valence-corrected chi connectivity index (χ2v) is 13.3. The average molecular weight is 636 g/mol. The first kappa shape index (κ1) is 33.0. The lowest BCUT2D eigenvalue weighted by molar-refractivity contribution is -0.153. The van der Waals surface area contributed by atoms with Crippen molar-refractivity contribution in [3.63, 3.8) is 0 Å². The monoisotopic (exact) mass is 635 g/mol. The Kier molecular flexibility index (Phi) is 8.60. The van der Waals surface area contributed by atoms with Crippen LogP contribution in [-0.2, 0) is 33.5 Å². The summed E-state index contributed by atoms with van der Waals surface area (Å²) in [7, 11) is 4.63. The van der Waals surface area contributed by atoms with Gasteiger partial charge in [-0.1, -0.05) is 25.7 Å². The van der Waals surface area contributed by atoms with Crippen molar-refractivity contribution in [2.24, 2.45) is 23.5 Å². The summed E-state index contributed by atoms with van der Waals surface area (Å²) in [6.45, 7) is 0.480. The highest BCUT2D eigenvalue weighted by atomic mass is 19.4. The Labute approximate surface area is 259 Å². The Morgan fingerprint density at radius 3 is 2.24 bits per heavy atom. The molecule has 10 nitrogen and oxygen atoms in total. The number of aromatic hydroxyl groups is 1. The number of hydrogen-bond acceptors (Lipinski definition) is 9. The highest BCUT2D eigenvalue weighted by molar-refractivity contribution is 6.24. The Morgan fingerprint density at radius 2 is 1.69 bits per heavy atom. The Morgan fingerprint density at radius 1 is 1.07 bits per heavy atom. The number of aliphatic hydroxyl groups excluding tert-OH is 2. The number of hydrogen-bond donors (Lipinski definition) is 5. The molecule has 0 saturated heterocycles. The summed E-state index contributed by atoms with van der Waals surface area (Å²) in [5.41, 5.74) is -1.14. The molecule has 0 aromatic heterocycles. The lowest BCUT2D eigenvalue weighted by atomic mass is 9.57. The third kappa shape index (κ3) is 5.42. The number of ketones is 2. The quantitative estimate of drug-likeness (QED) is 0.233. The molecular formula is C32H40F3N3O7. The van der Waals surface area contributed by atoms with Crippen LogP contribution in [0.25, 0.3) is 5.76 Å². The smallest absolute Gasteiger partial charge is 0.417 e. The van der Waals surface area contributed by atoms with Crippen LogP contribution in [0.3, 0.4) is 0 Å². The molecular weight excluding hydrogens is 595 g/mol. The third-order valence-electron chi connectivity index (χ3n) is 10.1. The number of amides is 1. The number of phenols is 1. The van der Waals surface area contributed by atoms with Crippen LogP contribution >= 0.6 is 0 Å². The lowest BCUT2D eigenvalue weighted by Crippen LogP contribution is -2.65. The summed E-state index contributed by atoms with van der Waals surface area (Å²) in [5.74, 6) is -8.59. The van der Waals surface area contributed by atoms with Gasteiger partial charge in [-0.25, -0.2) is 0 Å². The van der Waals surface area contributed by atoms with E-state index in [0.717, 1.165) is 44.6 Å². The SMILES string of the molecule is CN(Cc1cc(O)c2c(c1C(F)(F)F)C[C@H]1C[C@H]3[C@H](N(C)C)C(=O)C(C(N)=O)=C(O)[C@@]3(O)C(=O)C1=C2O)CC1CCCCCC1. The lowest BCUT2D eigenvalue weighted by Gasteiger charge is -2.50. The van der Waals surface area contributed by atoms with E-state index < -0.39 is 93.1 Å². The second-order valence-electron chi connectivity index (χ2n) is 13.3. The van der Waals surface area contributed by atoms with Crippen molar-refractivity contribution in [1.82, 2.24) is 9.80 Å². The highest BCUT2D eigenvalue weighted by Gasteiger charge is 2.64. The summed E-state index contributed by atoms with van der Waals surface area (Å²) in [5, 5.41) is 45.0. The first-order valence-electron chi connectivity index (χ1n) is 15.3. The number of benzene rings is 1. The van der Waals surface area contributed by atoms with Crippen molar-refractivity contribution < 1.29 is 48.0 Å². The second kappa shape index (κ2) is 11.7. The molecule has 5 rings (SSSR count). The number of nitrogens with two attached hydrogens (primary N) is 1. The molecule has 45 heavy (non-hydrogen) atoms. The van der Waals surface area contributed by atoms with Gasteiger partial charge in [-0.15, -0.1) is 0 Å². The summed E-state index contributed by atoms with van der Waals surface area (Å²) >= 11 is 0. The van der Waals surface area contributed by atoms with Gasteiger partial charge in [-0.3, -0.25) is 19.3 Å². The number of carbonyl (C=O) groups is 3. The van der Waals surface area contributed by atoms with E-state index in [2.05, 4.69) is 0 Å². The number of alkyl halides is 3. The maximum Gasteiger partial charge on any atom is 0.417 e. The van der Waals surface area contributed by atoms with E-state index in [-0.39, 0.29) is 24.1 Å². The molecule has 2 saturated carbocycles. The number of halogens is 3. The van der Waals surface area contributed by atoms with Crippen LogP contribution in [0.2, 0.25) is 0 Å².